The average Bonchev–Trinajstić information content (AvgIpc) is 3.11. The monoisotopic (exact) mass is 219 g/mol. The molecule has 0 unspecified atom stereocenters. The van der Waals surface area contributed by atoms with Crippen molar-refractivity contribution < 1.29 is 9.53 Å². The van der Waals surface area contributed by atoms with Crippen LogP contribution in [-0.4, -0.2) is 18.6 Å². The van der Waals surface area contributed by atoms with Gasteiger partial charge in [-0.1, -0.05) is 30.3 Å². The number of esters is 1. The quantitative estimate of drug-likeness (QED) is 0.764. The van der Waals surface area contributed by atoms with E-state index in [0.29, 0.717) is 18.9 Å². The fourth-order valence-corrected chi connectivity index (χ4v) is 1.54. The highest BCUT2D eigenvalue weighted by molar-refractivity contribution is 5.75. The lowest BCUT2D eigenvalue weighted by Gasteiger charge is -2.11. The molecule has 0 amide bonds. The number of ether oxygens (including phenoxy) is 1. The van der Waals surface area contributed by atoms with Crippen LogP contribution in [0.1, 0.15) is 18.4 Å². The highest BCUT2D eigenvalue weighted by Gasteiger charge is 2.24. The van der Waals surface area contributed by atoms with Gasteiger partial charge in [-0.2, -0.15) is 0 Å². The first-order valence-corrected chi connectivity index (χ1v) is 5.72. The van der Waals surface area contributed by atoms with Crippen LogP contribution in [0.25, 0.3) is 0 Å². The van der Waals surface area contributed by atoms with Crippen molar-refractivity contribution in [2.24, 2.45) is 11.7 Å². The zero-order chi connectivity index (χ0) is 11.4. The number of benzene rings is 1. The van der Waals surface area contributed by atoms with E-state index < -0.39 is 6.04 Å². The fourth-order valence-electron chi connectivity index (χ4n) is 1.54. The van der Waals surface area contributed by atoms with Gasteiger partial charge in [-0.05, 0) is 30.7 Å². The molecule has 0 aliphatic heterocycles. The maximum absolute atomic E-state index is 11.5. The molecular formula is C13H17NO2. The van der Waals surface area contributed by atoms with Crippen LogP contribution in [0.5, 0.6) is 0 Å². The minimum absolute atomic E-state index is 0.282. The minimum atomic E-state index is -0.541. The molecule has 1 aromatic carbocycles. The van der Waals surface area contributed by atoms with Gasteiger partial charge in [0.05, 0.1) is 6.61 Å². The molecule has 1 aromatic rings. The van der Waals surface area contributed by atoms with E-state index in [1.807, 2.05) is 30.3 Å². The van der Waals surface area contributed by atoms with Crippen molar-refractivity contribution >= 4 is 5.97 Å². The Bertz CT molecular complexity index is 346. The normalized spacial score (nSPS) is 16.8. The van der Waals surface area contributed by atoms with Gasteiger partial charge in [-0.15, -0.1) is 0 Å². The number of nitrogens with two attached hydrogens (primary N) is 1. The molecule has 1 fully saturated rings. The van der Waals surface area contributed by atoms with Crippen molar-refractivity contribution in [2.75, 3.05) is 6.61 Å². The van der Waals surface area contributed by atoms with Crippen LogP contribution in [0.15, 0.2) is 30.3 Å². The maximum atomic E-state index is 11.5. The lowest BCUT2D eigenvalue weighted by Crippen LogP contribution is -2.34. The largest absolute Gasteiger partial charge is 0.464 e. The van der Waals surface area contributed by atoms with Gasteiger partial charge < -0.3 is 10.5 Å². The molecular weight excluding hydrogens is 202 g/mol. The van der Waals surface area contributed by atoms with Crippen LogP contribution in [0.2, 0.25) is 0 Å². The third kappa shape index (κ3) is 3.35. The molecule has 1 saturated carbocycles. The third-order valence-electron chi connectivity index (χ3n) is 2.76. The number of rotatable bonds is 5. The summed E-state index contributed by atoms with van der Waals surface area (Å²) in [6.45, 7) is 0.543. The average molecular weight is 219 g/mol. The van der Waals surface area contributed by atoms with E-state index in [1.165, 1.54) is 12.8 Å². The van der Waals surface area contributed by atoms with Crippen LogP contribution in [-0.2, 0) is 16.0 Å². The molecule has 2 N–H and O–H groups in total. The Kier molecular flexibility index (Phi) is 3.57. The topological polar surface area (TPSA) is 52.3 Å². The summed E-state index contributed by atoms with van der Waals surface area (Å²) in [6, 6.07) is 9.22. The molecule has 2 rings (SSSR count). The van der Waals surface area contributed by atoms with E-state index in [0.717, 1.165) is 5.56 Å². The number of carbonyl (C=O) groups excluding carboxylic acids is 1. The molecule has 0 spiro atoms. The molecule has 0 saturated heterocycles. The van der Waals surface area contributed by atoms with E-state index in [1.54, 1.807) is 0 Å². The lowest BCUT2D eigenvalue weighted by molar-refractivity contribution is -0.145. The van der Waals surface area contributed by atoms with Crippen LogP contribution in [0.3, 0.4) is 0 Å². The molecule has 3 nitrogen and oxygen atoms in total. The highest BCUT2D eigenvalue weighted by Crippen LogP contribution is 2.28. The summed E-state index contributed by atoms with van der Waals surface area (Å²) in [5, 5.41) is 0. The van der Waals surface area contributed by atoms with Gasteiger partial charge in [0.15, 0.2) is 0 Å². The van der Waals surface area contributed by atoms with Crippen molar-refractivity contribution in [2.45, 2.75) is 25.3 Å². The van der Waals surface area contributed by atoms with E-state index in [4.69, 9.17) is 10.5 Å². The second-order valence-corrected chi connectivity index (χ2v) is 4.37. The molecule has 0 bridgehead atoms. The fraction of sp³-hybridized carbons (Fsp3) is 0.462. The van der Waals surface area contributed by atoms with Crippen molar-refractivity contribution in [1.29, 1.82) is 0 Å². The smallest absolute Gasteiger partial charge is 0.323 e. The molecule has 16 heavy (non-hydrogen) atoms. The zero-order valence-electron chi connectivity index (χ0n) is 9.26. The standard InChI is InChI=1S/C13H17NO2/c14-12(8-10-4-2-1-3-5-10)13(15)16-9-11-6-7-11/h1-5,11-12H,6-9,14H2/t12-/m0/s1. The van der Waals surface area contributed by atoms with Crippen molar-refractivity contribution in [3.63, 3.8) is 0 Å². The molecule has 0 aromatic heterocycles. The SMILES string of the molecule is N[C@@H](Cc1ccccc1)C(=O)OCC1CC1. The molecule has 1 atom stereocenters. The summed E-state index contributed by atoms with van der Waals surface area (Å²) in [6.07, 6.45) is 2.91. The van der Waals surface area contributed by atoms with E-state index in [9.17, 15) is 4.79 Å². The van der Waals surface area contributed by atoms with Crippen molar-refractivity contribution in [3.05, 3.63) is 35.9 Å². The van der Waals surface area contributed by atoms with E-state index in [-0.39, 0.29) is 5.97 Å². The second kappa shape index (κ2) is 5.12. The number of hydrogen-bond acceptors (Lipinski definition) is 3. The van der Waals surface area contributed by atoms with Crippen molar-refractivity contribution in [3.8, 4) is 0 Å². The van der Waals surface area contributed by atoms with E-state index >= 15 is 0 Å². The minimum Gasteiger partial charge on any atom is -0.464 e. The van der Waals surface area contributed by atoms with Crippen LogP contribution in [0, 0.1) is 5.92 Å². The summed E-state index contributed by atoms with van der Waals surface area (Å²) in [5.41, 5.74) is 6.85. The molecule has 0 radical (unpaired) electrons. The van der Waals surface area contributed by atoms with Crippen LogP contribution in [0.4, 0.5) is 0 Å². The summed E-state index contributed by atoms with van der Waals surface area (Å²) in [4.78, 5) is 11.5. The summed E-state index contributed by atoms with van der Waals surface area (Å²) < 4.78 is 5.14. The summed E-state index contributed by atoms with van der Waals surface area (Å²) in [7, 11) is 0. The Morgan fingerprint density at radius 3 is 2.69 bits per heavy atom. The zero-order valence-corrected chi connectivity index (χ0v) is 9.26. The Morgan fingerprint density at radius 1 is 1.38 bits per heavy atom. The van der Waals surface area contributed by atoms with Crippen LogP contribution >= 0.6 is 0 Å². The van der Waals surface area contributed by atoms with Gasteiger partial charge in [-0.25, -0.2) is 0 Å². The van der Waals surface area contributed by atoms with Gasteiger partial charge in [0, 0.05) is 0 Å². The predicted octanol–water partition coefficient (Wildman–Crippen LogP) is 1.51. The number of hydrogen-bond donors (Lipinski definition) is 1. The summed E-state index contributed by atoms with van der Waals surface area (Å²) in [5.74, 6) is 0.309. The Balaban J connectivity index is 1.77. The third-order valence-corrected chi connectivity index (χ3v) is 2.76. The van der Waals surface area contributed by atoms with Gasteiger partial charge in [0.2, 0.25) is 0 Å². The van der Waals surface area contributed by atoms with Gasteiger partial charge in [0.1, 0.15) is 6.04 Å². The lowest BCUT2D eigenvalue weighted by atomic mass is 10.1. The highest BCUT2D eigenvalue weighted by atomic mass is 16.5. The van der Waals surface area contributed by atoms with E-state index in [2.05, 4.69) is 0 Å². The van der Waals surface area contributed by atoms with Gasteiger partial charge >= 0.3 is 5.97 Å². The maximum Gasteiger partial charge on any atom is 0.323 e. The Labute approximate surface area is 95.6 Å². The Hall–Kier alpha value is -1.35. The van der Waals surface area contributed by atoms with Crippen molar-refractivity contribution in [1.82, 2.24) is 0 Å². The molecule has 3 heteroatoms. The first-order valence-electron chi connectivity index (χ1n) is 5.72. The molecule has 86 valence electrons. The number of carbonyl (C=O) groups is 1. The second-order valence-electron chi connectivity index (χ2n) is 4.37. The first-order chi connectivity index (χ1) is 7.75. The van der Waals surface area contributed by atoms with Crippen LogP contribution < -0.4 is 5.73 Å². The van der Waals surface area contributed by atoms with Gasteiger partial charge in [0.25, 0.3) is 0 Å². The predicted molar refractivity (Wildman–Crippen MR) is 61.8 cm³/mol. The summed E-state index contributed by atoms with van der Waals surface area (Å²) >= 11 is 0. The molecule has 1 aliphatic carbocycles. The molecule has 0 heterocycles. The molecule has 1 aliphatic rings. The first kappa shape index (κ1) is 11.1. The Morgan fingerprint density at radius 2 is 2.06 bits per heavy atom. The van der Waals surface area contributed by atoms with Gasteiger partial charge in [-0.3, -0.25) is 4.79 Å².